The molecule has 0 radical (unpaired) electrons. The van der Waals surface area contributed by atoms with Crippen LogP contribution in [0.25, 0.3) is 10.8 Å². The molecule has 0 fully saturated rings. The minimum absolute atomic E-state index is 0.254. The number of aliphatic imine (C=N–C) groups is 1. The summed E-state index contributed by atoms with van der Waals surface area (Å²) in [6, 6.07) is 34.3. The summed E-state index contributed by atoms with van der Waals surface area (Å²) in [6.45, 7) is 2.44. The van der Waals surface area contributed by atoms with Crippen LogP contribution in [0.4, 0.5) is 15.8 Å². The number of allylic oxidation sites excluding steroid dienone is 2. The summed E-state index contributed by atoms with van der Waals surface area (Å²) in [4.78, 5) is 4.86. The lowest BCUT2D eigenvalue weighted by molar-refractivity contribution is 0.305. The van der Waals surface area contributed by atoms with E-state index in [1.54, 1.807) is 6.07 Å². The van der Waals surface area contributed by atoms with Crippen LogP contribution in [-0.4, -0.2) is 6.21 Å². The lowest BCUT2D eigenvalue weighted by Crippen LogP contribution is -2.29. The highest BCUT2D eigenvalue weighted by Crippen LogP contribution is 2.50. The van der Waals surface area contributed by atoms with Gasteiger partial charge in [0.25, 0.3) is 0 Å². The van der Waals surface area contributed by atoms with Crippen molar-refractivity contribution in [3.05, 3.63) is 149 Å². The number of nitrogens with one attached hydrogen (secondary N) is 1. The number of fused-ring (bicyclic) bond motifs is 4. The van der Waals surface area contributed by atoms with Crippen LogP contribution in [-0.2, 0) is 6.61 Å². The van der Waals surface area contributed by atoms with Gasteiger partial charge in [0.1, 0.15) is 18.2 Å². The fraction of sp³-hybridized carbons (Fsp3) is 0.162. The predicted octanol–water partition coefficient (Wildman–Crippen LogP) is 9.44. The third-order valence-electron chi connectivity index (χ3n) is 8.33. The Kier molecular flexibility index (Phi) is 6.60. The predicted molar refractivity (Wildman–Crippen MR) is 166 cm³/mol. The minimum atomic E-state index is -0.266. The maximum atomic E-state index is 13.7. The van der Waals surface area contributed by atoms with Crippen molar-refractivity contribution in [3.8, 4) is 5.75 Å². The van der Waals surface area contributed by atoms with Crippen LogP contribution in [0.3, 0.4) is 0 Å². The first-order valence-electron chi connectivity index (χ1n) is 14.2. The lowest BCUT2D eigenvalue weighted by Gasteiger charge is -2.37. The van der Waals surface area contributed by atoms with Gasteiger partial charge in [-0.05, 0) is 83.1 Å². The Labute approximate surface area is 240 Å². The van der Waals surface area contributed by atoms with Crippen molar-refractivity contribution in [2.75, 3.05) is 5.32 Å². The van der Waals surface area contributed by atoms with Gasteiger partial charge in [0.2, 0.25) is 0 Å². The fourth-order valence-corrected chi connectivity index (χ4v) is 6.27. The largest absolute Gasteiger partial charge is 0.488 e. The molecule has 5 aromatic carbocycles. The van der Waals surface area contributed by atoms with Gasteiger partial charge in [-0.25, -0.2) is 4.39 Å². The normalized spacial score (nSPS) is 19.2. The second-order valence-electron chi connectivity index (χ2n) is 11.0. The van der Waals surface area contributed by atoms with E-state index in [1.165, 1.54) is 34.5 Å². The van der Waals surface area contributed by atoms with E-state index in [0.29, 0.717) is 17.6 Å². The van der Waals surface area contributed by atoms with E-state index in [4.69, 9.17) is 9.73 Å². The monoisotopic (exact) mass is 538 g/mol. The third kappa shape index (κ3) is 5.02. The summed E-state index contributed by atoms with van der Waals surface area (Å²) in [6.07, 6.45) is 7.67. The molecular formula is C37H31FN2O. The van der Waals surface area contributed by atoms with Crippen molar-refractivity contribution in [1.29, 1.82) is 0 Å². The summed E-state index contributed by atoms with van der Waals surface area (Å²) in [5.41, 5.74) is 7.79. The topological polar surface area (TPSA) is 33.6 Å². The second-order valence-corrected chi connectivity index (χ2v) is 11.0. The highest BCUT2D eigenvalue weighted by atomic mass is 19.1. The van der Waals surface area contributed by atoms with Crippen molar-refractivity contribution in [3.63, 3.8) is 0 Å². The number of benzene rings is 5. The summed E-state index contributed by atoms with van der Waals surface area (Å²) in [7, 11) is 0. The molecule has 1 aliphatic carbocycles. The summed E-state index contributed by atoms with van der Waals surface area (Å²) >= 11 is 0. The van der Waals surface area contributed by atoms with E-state index in [-0.39, 0.29) is 18.5 Å². The SMILES string of the molecule is Cc1ccc2c(c1)[C@@H]1C=CC[C@@H]1[C@H](c1ccc(N=Cc3c(OCc4cccc(F)c4)ccc4ccccc34)cc1)N2. The van der Waals surface area contributed by atoms with Crippen molar-refractivity contribution in [2.24, 2.45) is 10.9 Å². The first-order chi connectivity index (χ1) is 20.1. The van der Waals surface area contributed by atoms with Gasteiger partial charge in [-0.15, -0.1) is 0 Å². The molecule has 0 saturated heterocycles. The maximum absolute atomic E-state index is 13.7. The molecule has 0 bridgehead atoms. The zero-order valence-electron chi connectivity index (χ0n) is 22.9. The Hall–Kier alpha value is -4.70. The molecule has 0 amide bonds. The van der Waals surface area contributed by atoms with E-state index in [0.717, 1.165) is 34.0 Å². The van der Waals surface area contributed by atoms with Crippen LogP contribution >= 0.6 is 0 Å². The average Bonchev–Trinajstić information content (AvgIpc) is 3.50. The molecule has 1 N–H and O–H groups in total. The zero-order chi connectivity index (χ0) is 27.8. The molecule has 7 rings (SSSR count). The molecule has 0 aromatic heterocycles. The molecule has 1 heterocycles. The highest BCUT2D eigenvalue weighted by Gasteiger charge is 2.37. The lowest BCUT2D eigenvalue weighted by atomic mass is 9.76. The number of ether oxygens (including phenoxy) is 1. The number of hydrogen-bond donors (Lipinski definition) is 1. The van der Waals surface area contributed by atoms with Crippen molar-refractivity contribution in [1.82, 2.24) is 0 Å². The molecule has 3 atom stereocenters. The Morgan fingerprint density at radius 1 is 0.927 bits per heavy atom. The Morgan fingerprint density at radius 3 is 2.68 bits per heavy atom. The number of rotatable bonds is 6. The first-order valence-corrected chi connectivity index (χ1v) is 14.2. The molecule has 2 aliphatic rings. The van der Waals surface area contributed by atoms with Gasteiger partial charge >= 0.3 is 0 Å². The van der Waals surface area contributed by atoms with Crippen molar-refractivity contribution < 1.29 is 9.13 Å². The molecule has 4 heteroatoms. The van der Waals surface area contributed by atoms with E-state index in [9.17, 15) is 4.39 Å². The van der Waals surface area contributed by atoms with Crippen molar-refractivity contribution in [2.45, 2.75) is 31.9 Å². The number of hydrogen-bond acceptors (Lipinski definition) is 3. The standard InChI is InChI=1S/C37H31FN2O/c1-24-12-18-35-33(20-24)31-10-5-11-32(31)37(40-35)27-13-16-29(17-14-27)39-22-34-30-9-3-2-7-26(30)15-19-36(34)41-23-25-6-4-8-28(38)21-25/h2-10,12-22,31-32,37,40H,11,23H2,1H3/t31-,32+,37+/m1/s1. The second kappa shape index (κ2) is 10.7. The summed E-state index contributed by atoms with van der Waals surface area (Å²) in [5.74, 6) is 1.41. The van der Waals surface area contributed by atoms with E-state index >= 15 is 0 Å². The molecule has 41 heavy (non-hydrogen) atoms. The summed E-state index contributed by atoms with van der Waals surface area (Å²) in [5, 5.41) is 6.00. The summed E-state index contributed by atoms with van der Waals surface area (Å²) < 4.78 is 19.9. The van der Waals surface area contributed by atoms with E-state index in [2.05, 4.69) is 79.0 Å². The number of anilines is 1. The van der Waals surface area contributed by atoms with Crippen LogP contribution < -0.4 is 10.1 Å². The molecule has 202 valence electrons. The third-order valence-corrected chi connectivity index (χ3v) is 8.33. The van der Waals surface area contributed by atoms with Gasteiger partial charge in [0.15, 0.2) is 0 Å². The van der Waals surface area contributed by atoms with Gasteiger partial charge < -0.3 is 10.1 Å². The molecular weight excluding hydrogens is 507 g/mol. The van der Waals surface area contributed by atoms with E-state index in [1.807, 2.05) is 36.5 Å². The smallest absolute Gasteiger partial charge is 0.129 e. The number of halogens is 1. The highest BCUT2D eigenvalue weighted by molar-refractivity contribution is 6.03. The minimum Gasteiger partial charge on any atom is -0.488 e. The van der Waals surface area contributed by atoms with E-state index < -0.39 is 0 Å². The molecule has 0 saturated carbocycles. The average molecular weight is 539 g/mol. The van der Waals surface area contributed by atoms with Crippen LogP contribution in [0, 0.1) is 18.7 Å². The van der Waals surface area contributed by atoms with Crippen LogP contribution in [0.15, 0.2) is 120 Å². The molecule has 0 spiro atoms. The van der Waals surface area contributed by atoms with Crippen LogP contribution in [0.5, 0.6) is 5.75 Å². The number of aryl methyl sites for hydroxylation is 1. The molecule has 5 aromatic rings. The van der Waals surface area contributed by atoms with Gasteiger partial charge in [-0.1, -0.05) is 84.4 Å². The Morgan fingerprint density at radius 2 is 1.80 bits per heavy atom. The Bertz CT molecular complexity index is 1790. The van der Waals surface area contributed by atoms with Gasteiger partial charge in [0, 0.05) is 23.4 Å². The van der Waals surface area contributed by atoms with Gasteiger partial charge in [-0.2, -0.15) is 0 Å². The molecule has 1 aliphatic heterocycles. The fourth-order valence-electron chi connectivity index (χ4n) is 6.27. The zero-order valence-corrected chi connectivity index (χ0v) is 22.9. The van der Waals surface area contributed by atoms with Gasteiger partial charge in [0.05, 0.1) is 11.7 Å². The van der Waals surface area contributed by atoms with Crippen LogP contribution in [0.2, 0.25) is 0 Å². The first kappa shape index (κ1) is 25.3. The van der Waals surface area contributed by atoms with Crippen molar-refractivity contribution >= 4 is 28.4 Å². The van der Waals surface area contributed by atoms with Crippen LogP contribution in [0.1, 0.15) is 46.2 Å². The van der Waals surface area contributed by atoms with Gasteiger partial charge in [-0.3, -0.25) is 4.99 Å². The Balaban J connectivity index is 1.15. The maximum Gasteiger partial charge on any atom is 0.129 e. The molecule has 3 nitrogen and oxygen atoms in total. The quantitative estimate of drug-likeness (QED) is 0.173. The molecule has 0 unspecified atom stereocenters. The number of nitrogens with zero attached hydrogens (tertiary/aromatic N) is 1.